The molecule has 0 N–H and O–H groups in total. The maximum atomic E-state index is 6.84. The Morgan fingerprint density at radius 2 is 1.22 bits per heavy atom. The Labute approximate surface area is 300 Å². The summed E-state index contributed by atoms with van der Waals surface area (Å²) in [4.78, 5) is 0. The van der Waals surface area contributed by atoms with Crippen LogP contribution in [-0.2, 0) is 17.3 Å². The standard InChI is InChI=1S/C47H40Cl2/c1-46(2,3)44-21-20-39-38-19-18-33(22-32(38)25-42(39)45(44)29-12-6-7-13-29)47(4,5)28-43(40-26-34(48)23-30-14-8-10-16-36(30)40)41-27-35(49)24-31-15-9-11-17-37(31)41/h6-24,26-29H,25H2,1-5H3. The lowest BCUT2D eigenvalue weighted by molar-refractivity contribution is 0.581. The lowest BCUT2D eigenvalue weighted by atomic mass is 9.77. The van der Waals surface area contributed by atoms with E-state index in [1.165, 1.54) is 49.7 Å². The van der Waals surface area contributed by atoms with Crippen molar-refractivity contribution >= 4 is 50.3 Å². The highest BCUT2D eigenvalue weighted by Crippen LogP contribution is 2.47. The van der Waals surface area contributed by atoms with Gasteiger partial charge in [0.05, 0.1) is 0 Å². The van der Waals surface area contributed by atoms with Crippen LogP contribution in [0.15, 0.2) is 134 Å². The van der Waals surface area contributed by atoms with Gasteiger partial charge in [0, 0.05) is 21.4 Å². The molecule has 2 heteroatoms. The lowest BCUT2D eigenvalue weighted by Gasteiger charge is -2.27. The second kappa shape index (κ2) is 11.9. The molecule has 0 nitrogen and oxygen atoms in total. The summed E-state index contributed by atoms with van der Waals surface area (Å²) in [6.07, 6.45) is 12.4. The molecule has 0 aromatic heterocycles. The summed E-state index contributed by atoms with van der Waals surface area (Å²) in [7, 11) is 0. The summed E-state index contributed by atoms with van der Waals surface area (Å²) in [6, 6.07) is 37.2. The SMILES string of the molecule is CC(C)(C)c1ccc2c(c1C1C=CC=C1)Cc1cc(C(C)(C)C=C(c3cc(Cl)cc4ccccc34)c3cc(Cl)cc4ccccc34)ccc1-2. The summed E-state index contributed by atoms with van der Waals surface area (Å²) < 4.78 is 0. The molecule has 242 valence electrons. The van der Waals surface area contributed by atoms with Gasteiger partial charge in [-0.05, 0) is 113 Å². The zero-order valence-corrected chi connectivity index (χ0v) is 30.3. The van der Waals surface area contributed by atoms with Gasteiger partial charge in [0.1, 0.15) is 0 Å². The predicted molar refractivity (Wildman–Crippen MR) is 212 cm³/mol. The highest BCUT2D eigenvalue weighted by molar-refractivity contribution is 6.32. The van der Waals surface area contributed by atoms with E-state index in [0.717, 1.165) is 43.9 Å². The van der Waals surface area contributed by atoms with Crippen molar-refractivity contribution in [2.75, 3.05) is 0 Å². The fraction of sp³-hybridized carbons (Fsp3) is 0.191. The van der Waals surface area contributed by atoms with E-state index in [1.54, 1.807) is 0 Å². The third kappa shape index (κ3) is 5.66. The maximum absolute atomic E-state index is 6.84. The molecule has 0 bridgehead atoms. The smallest absolute Gasteiger partial charge is 0.0418 e. The first-order valence-corrected chi connectivity index (χ1v) is 18.0. The zero-order chi connectivity index (χ0) is 34.1. The number of fused-ring (bicyclic) bond motifs is 5. The number of allylic oxidation sites excluding steroid dienone is 5. The number of hydrogen-bond donors (Lipinski definition) is 0. The van der Waals surface area contributed by atoms with Crippen molar-refractivity contribution in [1.82, 2.24) is 0 Å². The number of rotatable bonds is 5. The van der Waals surface area contributed by atoms with Crippen molar-refractivity contribution < 1.29 is 0 Å². The van der Waals surface area contributed by atoms with Gasteiger partial charge in [0.2, 0.25) is 0 Å². The molecule has 0 atom stereocenters. The van der Waals surface area contributed by atoms with Crippen molar-refractivity contribution in [1.29, 1.82) is 0 Å². The Morgan fingerprint density at radius 3 is 1.82 bits per heavy atom. The Balaban J connectivity index is 1.30. The van der Waals surface area contributed by atoms with Gasteiger partial charge in [0.15, 0.2) is 0 Å². The first-order valence-electron chi connectivity index (χ1n) is 17.2. The van der Waals surface area contributed by atoms with Crippen LogP contribution in [-0.4, -0.2) is 0 Å². The van der Waals surface area contributed by atoms with Crippen molar-refractivity contribution in [3.63, 3.8) is 0 Å². The Morgan fingerprint density at radius 1 is 0.653 bits per heavy atom. The van der Waals surface area contributed by atoms with Crippen molar-refractivity contribution in [3.8, 4) is 11.1 Å². The Bertz CT molecular complexity index is 2290. The fourth-order valence-electron chi connectivity index (χ4n) is 8.10. The van der Waals surface area contributed by atoms with E-state index in [-0.39, 0.29) is 10.8 Å². The van der Waals surface area contributed by atoms with Crippen LogP contribution in [0.2, 0.25) is 10.0 Å². The van der Waals surface area contributed by atoms with Crippen LogP contribution < -0.4 is 0 Å². The molecule has 6 aromatic carbocycles. The quantitative estimate of drug-likeness (QED) is 0.170. The third-order valence-corrected chi connectivity index (χ3v) is 10.9. The van der Waals surface area contributed by atoms with E-state index >= 15 is 0 Å². The molecule has 0 aliphatic heterocycles. The van der Waals surface area contributed by atoms with Gasteiger partial charge in [-0.15, -0.1) is 0 Å². The van der Waals surface area contributed by atoms with Crippen LogP contribution in [0.3, 0.4) is 0 Å². The van der Waals surface area contributed by atoms with Crippen LogP contribution in [0.1, 0.15) is 79.5 Å². The average Bonchev–Trinajstić information content (AvgIpc) is 3.74. The van der Waals surface area contributed by atoms with Crippen LogP contribution in [0, 0.1) is 0 Å². The van der Waals surface area contributed by atoms with E-state index in [4.69, 9.17) is 23.2 Å². The largest absolute Gasteiger partial charge is 0.0843 e. The van der Waals surface area contributed by atoms with Gasteiger partial charge in [-0.25, -0.2) is 0 Å². The van der Waals surface area contributed by atoms with Crippen molar-refractivity contribution in [3.05, 3.63) is 182 Å². The molecule has 8 rings (SSSR count). The number of benzene rings is 6. The molecule has 0 saturated heterocycles. The van der Waals surface area contributed by atoms with Gasteiger partial charge in [-0.1, -0.05) is 167 Å². The minimum absolute atomic E-state index is 0.0623. The van der Waals surface area contributed by atoms with E-state index in [0.29, 0.717) is 5.92 Å². The molecule has 2 aliphatic carbocycles. The van der Waals surface area contributed by atoms with Gasteiger partial charge >= 0.3 is 0 Å². The van der Waals surface area contributed by atoms with Crippen LogP contribution >= 0.6 is 23.2 Å². The summed E-state index contributed by atoms with van der Waals surface area (Å²) >= 11 is 13.7. The maximum Gasteiger partial charge on any atom is 0.0418 e. The van der Waals surface area contributed by atoms with Crippen molar-refractivity contribution in [2.45, 2.75) is 57.8 Å². The van der Waals surface area contributed by atoms with Gasteiger partial charge in [-0.2, -0.15) is 0 Å². The lowest BCUT2D eigenvalue weighted by Crippen LogP contribution is -2.17. The Kier molecular flexibility index (Phi) is 7.75. The molecule has 0 unspecified atom stereocenters. The highest BCUT2D eigenvalue weighted by Gasteiger charge is 2.31. The van der Waals surface area contributed by atoms with E-state index < -0.39 is 0 Å². The van der Waals surface area contributed by atoms with Crippen LogP contribution in [0.5, 0.6) is 0 Å². The number of hydrogen-bond acceptors (Lipinski definition) is 0. The third-order valence-electron chi connectivity index (χ3n) is 10.5. The van der Waals surface area contributed by atoms with E-state index in [9.17, 15) is 0 Å². The molecule has 0 saturated carbocycles. The summed E-state index contributed by atoms with van der Waals surface area (Å²) in [6.45, 7) is 11.7. The minimum Gasteiger partial charge on any atom is -0.0843 e. The zero-order valence-electron chi connectivity index (χ0n) is 28.7. The molecule has 0 heterocycles. The van der Waals surface area contributed by atoms with Crippen molar-refractivity contribution in [2.24, 2.45) is 0 Å². The molecular weight excluding hydrogens is 635 g/mol. The molecule has 49 heavy (non-hydrogen) atoms. The summed E-state index contributed by atoms with van der Waals surface area (Å²) in [5.41, 5.74) is 12.9. The average molecular weight is 676 g/mol. The molecule has 2 aliphatic rings. The monoisotopic (exact) mass is 674 g/mol. The second-order valence-corrected chi connectivity index (χ2v) is 16.1. The first kappa shape index (κ1) is 31.9. The number of halogens is 2. The molecular formula is C47H40Cl2. The Hall–Kier alpha value is -4.36. The molecule has 6 aromatic rings. The van der Waals surface area contributed by atoms with Gasteiger partial charge < -0.3 is 0 Å². The summed E-state index contributed by atoms with van der Waals surface area (Å²) in [5.74, 6) is 0.319. The van der Waals surface area contributed by atoms with E-state index in [2.05, 4.69) is 156 Å². The topological polar surface area (TPSA) is 0 Å². The second-order valence-electron chi connectivity index (χ2n) is 15.3. The predicted octanol–water partition coefficient (Wildman–Crippen LogP) is 13.8. The molecule has 0 spiro atoms. The highest BCUT2D eigenvalue weighted by atomic mass is 35.5. The van der Waals surface area contributed by atoms with Crippen LogP contribution in [0.25, 0.3) is 38.2 Å². The molecule has 0 radical (unpaired) electrons. The van der Waals surface area contributed by atoms with Gasteiger partial charge in [0.25, 0.3) is 0 Å². The summed E-state index contributed by atoms with van der Waals surface area (Å²) in [5, 5.41) is 6.01. The normalized spacial score (nSPS) is 14.1. The molecule has 0 fully saturated rings. The minimum atomic E-state index is -0.317. The van der Waals surface area contributed by atoms with Crippen LogP contribution in [0.4, 0.5) is 0 Å². The first-order chi connectivity index (χ1) is 23.5. The molecule has 0 amide bonds. The fourth-order valence-corrected chi connectivity index (χ4v) is 8.55. The van der Waals surface area contributed by atoms with Gasteiger partial charge in [-0.3, -0.25) is 0 Å². The van der Waals surface area contributed by atoms with E-state index in [1.807, 2.05) is 12.1 Å².